The van der Waals surface area contributed by atoms with Crippen LogP contribution in [0.5, 0.6) is 0 Å². The Bertz CT molecular complexity index is 345. The van der Waals surface area contributed by atoms with Crippen molar-refractivity contribution in [2.45, 2.75) is 51.7 Å². The number of rotatable bonds is 5. The number of aryl methyl sites for hydroxylation is 1. The lowest BCUT2D eigenvalue weighted by atomic mass is 9.96. The Morgan fingerprint density at radius 3 is 2.89 bits per heavy atom. The average Bonchev–Trinajstić information content (AvgIpc) is 2.84. The van der Waals surface area contributed by atoms with E-state index in [-0.39, 0.29) is 5.54 Å². The Morgan fingerprint density at radius 2 is 2.22 bits per heavy atom. The van der Waals surface area contributed by atoms with E-state index in [1.807, 2.05) is 18.7 Å². The molecule has 1 unspecified atom stereocenters. The second kappa shape index (κ2) is 5.85. The molecule has 1 aliphatic heterocycles. The molecule has 1 fully saturated rings. The zero-order chi connectivity index (χ0) is 13.0. The minimum Gasteiger partial charge on any atom is -0.337 e. The second-order valence-electron chi connectivity index (χ2n) is 5.90. The second-order valence-corrected chi connectivity index (χ2v) is 5.90. The Morgan fingerprint density at radius 1 is 1.39 bits per heavy atom. The lowest BCUT2D eigenvalue weighted by Gasteiger charge is -2.46. The summed E-state index contributed by atoms with van der Waals surface area (Å²) in [5.41, 5.74) is 0.278. The summed E-state index contributed by atoms with van der Waals surface area (Å²) in [7, 11) is 0. The largest absolute Gasteiger partial charge is 0.337 e. The summed E-state index contributed by atoms with van der Waals surface area (Å²) in [5, 5.41) is 3.64. The SMILES string of the molecule is CCC1CN(CCCn2ccnc2)C(C)(C)CN1. The Balaban J connectivity index is 1.82. The Labute approximate surface area is 110 Å². The van der Waals surface area contributed by atoms with Crippen molar-refractivity contribution in [3.63, 3.8) is 0 Å². The molecular weight excluding hydrogens is 224 g/mol. The topological polar surface area (TPSA) is 33.1 Å². The van der Waals surface area contributed by atoms with E-state index in [9.17, 15) is 0 Å². The van der Waals surface area contributed by atoms with Gasteiger partial charge >= 0.3 is 0 Å². The van der Waals surface area contributed by atoms with E-state index in [0.717, 1.165) is 13.1 Å². The maximum atomic E-state index is 4.08. The van der Waals surface area contributed by atoms with Crippen molar-refractivity contribution in [2.24, 2.45) is 0 Å². The molecule has 1 aromatic rings. The van der Waals surface area contributed by atoms with Crippen molar-refractivity contribution in [1.29, 1.82) is 0 Å². The fourth-order valence-corrected chi connectivity index (χ4v) is 2.61. The minimum atomic E-state index is 0.278. The smallest absolute Gasteiger partial charge is 0.0945 e. The van der Waals surface area contributed by atoms with E-state index in [1.54, 1.807) is 0 Å². The van der Waals surface area contributed by atoms with Crippen molar-refractivity contribution in [3.05, 3.63) is 18.7 Å². The highest BCUT2D eigenvalue weighted by molar-refractivity contribution is 4.92. The number of piperazine rings is 1. The standard InChI is InChI=1S/C14H26N4/c1-4-13-10-18(14(2,3)11-16-13)8-5-7-17-9-6-15-12-17/h6,9,12-13,16H,4-5,7-8,10-11H2,1-3H3. The van der Waals surface area contributed by atoms with E-state index in [0.29, 0.717) is 6.04 Å². The van der Waals surface area contributed by atoms with Crippen LogP contribution >= 0.6 is 0 Å². The summed E-state index contributed by atoms with van der Waals surface area (Å²) in [6, 6.07) is 0.659. The molecule has 1 atom stereocenters. The predicted octanol–water partition coefficient (Wildman–Crippen LogP) is 1.74. The molecule has 0 bridgehead atoms. The maximum absolute atomic E-state index is 4.08. The molecule has 0 radical (unpaired) electrons. The van der Waals surface area contributed by atoms with Gasteiger partial charge in [-0.1, -0.05) is 6.92 Å². The van der Waals surface area contributed by atoms with Gasteiger partial charge in [-0.15, -0.1) is 0 Å². The highest BCUT2D eigenvalue weighted by atomic mass is 15.3. The molecule has 1 aliphatic rings. The van der Waals surface area contributed by atoms with Gasteiger partial charge in [0.05, 0.1) is 6.33 Å². The highest BCUT2D eigenvalue weighted by Crippen LogP contribution is 2.19. The summed E-state index contributed by atoms with van der Waals surface area (Å²) >= 11 is 0. The van der Waals surface area contributed by atoms with Gasteiger partial charge in [0.15, 0.2) is 0 Å². The van der Waals surface area contributed by atoms with E-state index in [4.69, 9.17) is 0 Å². The summed E-state index contributed by atoms with van der Waals surface area (Å²) < 4.78 is 2.16. The van der Waals surface area contributed by atoms with E-state index in [2.05, 4.69) is 40.5 Å². The van der Waals surface area contributed by atoms with Crippen LogP contribution in [0.2, 0.25) is 0 Å². The van der Waals surface area contributed by atoms with Crippen molar-refractivity contribution in [2.75, 3.05) is 19.6 Å². The first-order valence-electron chi connectivity index (χ1n) is 7.06. The molecule has 2 rings (SSSR count). The van der Waals surface area contributed by atoms with Crippen LogP contribution in [0, 0.1) is 0 Å². The van der Waals surface area contributed by atoms with Gasteiger partial charge in [-0.05, 0) is 26.7 Å². The number of imidazole rings is 1. The van der Waals surface area contributed by atoms with Crippen molar-refractivity contribution in [3.8, 4) is 0 Å². The molecule has 18 heavy (non-hydrogen) atoms. The first-order valence-corrected chi connectivity index (χ1v) is 7.06. The number of nitrogens with zero attached hydrogens (tertiary/aromatic N) is 3. The number of hydrogen-bond acceptors (Lipinski definition) is 3. The molecule has 1 aromatic heterocycles. The molecule has 1 saturated heterocycles. The molecule has 2 heterocycles. The van der Waals surface area contributed by atoms with Gasteiger partial charge < -0.3 is 9.88 Å². The molecule has 0 saturated carbocycles. The molecule has 1 N–H and O–H groups in total. The summed E-state index contributed by atoms with van der Waals surface area (Å²) in [5.74, 6) is 0. The first kappa shape index (κ1) is 13.6. The van der Waals surface area contributed by atoms with Gasteiger partial charge in [-0.2, -0.15) is 0 Å². The molecule has 0 aliphatic carbocycles. The summed E-state index contributed by atoms with van der Waals surface area (Å²) in [6.07, 6.45) is 8.20. The third kappa shape index (κ3) is 3.33. The lowest BCUT2D eigenvalue weighted by molar-refractivity contribution is 0.0629. The van der Waals surface area contributed by atoms with Gasteiger partial charge in [0, 0.05) is 50.2 Å². The Kier molecular flexibility index (Phi) is 4.40. The van der Waals surface area contributed by atoms with Gasteiger partial charge in [-0.3, -0.25) is 4.90 Å². The van der Waals surface area contributed by atoms with Gasteiger partial charge in [0.1, 0.15) is 0 Å². The number of hydrogen-bond donors (Lipinski definition) is 1. The summed E-state index contributed by atoms with van der Waals surface area (Å²) in [6.45, 7) is 11.4. The maximum Gasteiger partial charge on any atom is 0.0945 e. The molecule has 0 aromatic carbocycles. The third-order valence-electron chi connectivity index (χ3n) is 4.02. The molecular formula is C14H26N4. The zero-order valence-corrected chi connectivity index (χ0v) is 11.9. The van der Waals surface area contributed by atoms with Gasteiger partial charge in [0.25, 0.3) is 0 Å². The normalized spacial score (nSPS) is 24.3. The third-order valence-corrected chi connectivity index (χ3v) is 4.02. The minimum absolute atomic E-state index is 0.278. The summed E-state index contributed by atoms with van der Waals surface area (Å²) in [4.78, 5) is 6.71. The van der Waals surface area contributed by atoms with Crippen LogP contribution in [0.15, 0.2) is 18.7 Å². The van der Waals surface area contributed by atoms with Crippen LogP contribution in [0.25, 0.3) is 0 Å². The van der Waals surface area contributed by atoms with Crippen molar-refractivity contribution >= 4 is 0 Å². The number of nitrogens with one attached hydrogen (secondary N) is 1. The van der Waals surface area contributed by atoms with Crippen molar-refractivity contribution < 1.29 is 0 Å². The van der Waals surface area contributed by atoms with Crippen LogP contribution in [0.3, 0.4) is 0 Å². The van der Waals surface area contributed by atoms with E-state index < -0.39 is 0 Å². The van der Waals surface area contributed by atoms with Crippen LogP contribution in [0.1, 0.15) is 33.6 Å². The van der Waals surface area contributed by atoms with E-state index >= 15 is 0 Å². The lowest BCUT2D eigenvalue weighted by Crippen LogP contribution is -2.61. The number of aromatic nitrogens is 2. The predicted molar refractivity (Wildman–Crippen MR) is 74.6 cm³/mol. The fraction of sp³-hybridized carbons (Fsp3) is 0.786. The quantitative estimate of drug-likeness (QED) is 0.864. The monoisotopic (exact) mass is 250 g/mol. The van der Waals surface area contributed by atoms with Gasteiger partial charge in [0.2, 0.25) is 0 Å². The van der Waals surface area contributed by atoms with Gasteiger partial charge in [-0.25, -0.2) is 4.98 Å². The Hall–Kier alpha value is -0.870. The van der Waals surface area contributed by atoms with Crippen molar-refractivity contribution in [1.82, 2.24) is 19.8 Å². The molecule has 102 valence electrons. The fourth-order valence-electron chi connectivity index (χ4n) is 2.61. The molecule has 0 amide bonds. The highest BCUT2D eigenvalue weighted by Gasteiger charge is 2.32. The van der Waals surface area contributed by atoms with E-state index in [1.165, 1.54) is 25.9 Å². The van der Waals surface area contributed by atoms with Crippen LogP contribution in [-0.2, 0) is 6.54 Å². The zero-order valence-electron chi connectivity index (χ0n) is 11.9. The van der Waals surface area contributed by atoms with Crippen LogP contribution in [0.4, 0.5) is 0 Å². The average molecular weight is 250 g/mol. The first-order chi connectivity index (χ1) is 8.62. The van der Waals surface area contributed by atoms with Crippen LogP contribution < -0.4 is 5.32 Å². The molecule has 4 heteroatoms. The van der Waals surface area contributed by atoms with Crippen LogP contribution in [-0.4, -0.2) is 45.7 Å². The molecule has 4 nitrogen and oxygen atoms in total. The molecule has 0 spiro atoms.